The lowest BCUT2D eigenvalue weighted by atomic mass is 9.80. The molecule has 1 saturated heterocycles. The van der Waals surface area contributed by atoms with Gasteiger partial charge in [0.1, 0.15) is 5.82 Å². The molecule has 1 heterocycles. The van der Waals surface area contributed by atoms with Gasteiger partial charge in [0.15, 0.2) is 0 Å². The third-order valence-corrected chi connectivity index (χ3v) is 3.52. The molecule has 3 N–H and O–H groups in total. The van der Waals surface area contributed by atoms with Crippen molar-refractivity contribution in [3.05, 3.63) is 30.1 Å². The minimum absolute atomic E-state index is 0.196. The summed E-state index contributed by atoms with van der Waals surface area (Å²) in [7, 11) is 0. The molecule has 4 nitrogen and oxygen atoms in total. The molecule has 0 saturated carbocycles. The number of hydrogen-bond acceptors (Lipinski definition) is 2. The largest absolute Gasteiger partial charge is 0.322 e. The molecule has 0 aromatic heterocycles. The number of para-hydroxylation sites is 1. The number of likely N-dealkylation sites (tertiary alicyclic amines) is 1. The van der Waals surface area contributed by atoms with Crippen LogP contribution in [0.15, 0.2) is 24.3 Å². The minimum atomic E-state index is -0.436. The van der Waals surface area contributed by atoms with Crippen LogP contribution >= 0.6 is 0 Å². The molecule has 1 aromatic rings. The van der Waals surface area contributed by atoms with E-state index in [2.05, 4.69) is 5.32 Å². The number of nitrogens with zero attached hydrogens (tertiary/aromatic N) is 1. The van der Waals surface area contributed by atoms with Crippen molar-refractivity contribution in [3.8, 4) is 0 Å². The minimum Gasteiger partial charge on any atom is -0.322 e. The topological polar surface area (TPSA) is 58.4 Å². The van der Waals surface area contributed by atoms with Gasteiger partial charge in [0.2, 0.25) is 0 Å². The average Bonchev–Trinajstić information content (AvgIpc) is 2.27. The molecular weight excluding hydrogens is 233 g/mol. The molecule has 0 aliphatic carbocycles. The second-order valence-corrected chi connectivity index (χ2v) is 5.15. The first-order valence-electron chi connectivity index (χ1n) is 6.02. The van der Waals surface area contributed by atoms with E-state index in [1.165, 1.54) is 12.1 Å². The maximum absolute atomic E-state index is 13.4. The Morgan fingerprint density at radius 3 is 2.61 bits per heavy atom. The molecule has 98 valence electrons. The summed E-state index contributed by atoms with van der Waals surface area (Å²) in [5, 5.41) is 2.55. The van der Waals surface area contributed by atoms with E-state index in [4.69, 9.17) is 5.73 Å². The Morgan fingerprint density at radius 2 is 2.06 bits per heavy atom. The van der Waals surface area contributed by atoms with Crippen molar-refractivity contribution in [1.82, 2.24) is 4.90 Å². The van der Waals surface area contributed by atoms with E-state index in [1.807, 2.05) is 13.8 Å². The molecule has 18 heavy (non-hydrogen) atoms. The first-order valence-corrected chi connectivity index (χ1v) is 6.02. The summed E-state index contributed by atoms with van der Waals surface area (Å²) in [6.45, 7) is 5.08. The Hall–Kier alpha value is -1.62. The molecule has 2 amide bonds. The van der Waals surface area contributed by atoms with Crippen LogP contribution in [0.5, 0.6) is 0 Å². The van der Waals surface area contributed by atoms with Gasteiger partial charge in [0, 0.05) is 13.1 Å². The van der Waals surface area contributed by atoms with Gasteiger partial charge in [0.25, 0.3) is 0 Å². The number of carbonyl (C=O) groups is 1. The highest BCUT2D eigenvalue weighted by atomic mass is 19.1. The average molecular weight is 251 g/mol. The summed E-state index contributed by atoms with van der Waals surface area (Å²) >= 11 is 0. The van der Waals surface area contributed by atoms with E-state index in [0.717, 1.165) is 0 Å². The summed E-state index contributed by atoms with van der Waals surface area (Å²) in [5.41, 5.74) is 5.98. The Bertz CT molecular complexity index is 455. The molecule has 0 spiro atoms. The summed E-state index contributed by atoms with van der Waals surface area (Å²) in [5.74, 6) is -0.121. The molecule has 1 fully saturated rings. The lowest BCUT2D eigenvalue weighted by molar-refractivity contribution is 0.0721. The predicted octanol–water partition coefficient (Wildman–Crippen LogP) is 2.03. The quantitative estimate of drug-likeness (QED) is 0.845. The molecule has 2 rings (SSSR count). The van der Waals surface area contributed by atoms with Gasteiger partial charge in [-0.15, -0.1) is 0 Å². The van der Waals surface area contributed by atoms with Crippen molar-refractivity contribution in [1.29, 1.82) is 0 Å². The third-order valence-electron chi connectivity index (χ3n) is 3.52. The van der Waals surface area contributed by atoms with Gasteiger partial charge in [0.05, 0.1) is 11.2 Å². The fraction of sp³-hybridized carbons (Fsp3) is 0.462. The van der Waals surface area contributed by atoms with E-state index in [9.17, 15) is 9.18 Å². The number of urea groups is 1. The van der Waals surface area contributed by atoms with Crippen molar-refractivity contribution in [2.45, 2.75) is 19.4 Å². The SMILES string of the molecule is CC(C)C1(N)CN(C(=O)Nc2ccccc2F)C1. The van der Waals surface area contributed by atoms with Gasteiger partial charge in [-0.05, 0) is 18.1 Å². The standard InChI is InChI=1S/C13H18FN3O/c1-9(2)13(15)7-17(8-13)12(18)16-11-6-4-3-5-10(11)14/h3-6,9H,7-8,15H2,1-2H3,(H,16,18). The highest BCUT2D eigenvalue weighted by Gasteiger charge is 2.44. The normalized spacial score (nSPS) is 17.5. The monoisotopic (exact) mass is 251 g/mol. The zero-order valence-corrected chi connectivity index (χ0v) is 10.6. The second-order valence-electron chi connectivity index (χ2n) is 5.15. The van der Waals surface area contributed by atoms with Crippen LogP contribution in [-0.4, -0.2) is 29.6 Å². The number of rotatable bonds is 2. The lowest BCUT2D eigenvalue weighted by Gasteiger charge is -2.50. The smallest absolute Gasteiger partial charge is 0.322 e. The van der Waals surface area contributed by atoms with Crippen LogP contribution in [0, 0.1) is 11.7 Å². The number of amides is 2. The van der Waals surface area contributed by atoms with E-state index < -0.39 is 5.82 Å². The second kappa shape index (κ2) is 4.57. The molecule has 0 radical (unpaired) electrons. The number of anilines is 1. The van der Waals surface area contributed by atoms with E-state index in [1.54, 1.807) is 17.0 Å². The molecule has 1 aliphatic rings. The van der Waals surface area contributed by atoms with Gasteiger partial charge in [-0.3, -0.25) is 0 Å². The molecule has 5 heteroatoms. The van der Waals surface area contributed by atoms with E-state index in [0.29, 0.717) is 19.0 Å². The summed E-state index contributed by atoms with van der Waals surface area (Å²) in [4.78, 5) is 13.4. The fourth-order valence-corrected chi connectivity index (χ4v) is 1.93. The summed E-state index contributed by atoms with van der Waals surface area (Å²) in [6.07, 6.45) is 0. The Kier molecular flexibility index (Phi) is 3.26. The van der Waals surface area contributed by atoms with Crippen LogP contribution < -0.4 is 11.1 Å². The molecule has 1 aromatic carbocycles. The highest BCUT2D eigenvalue weighted by molar-refractivity contribution is 5.90. The van der Waals surface area contributed by atoms with Gasteiger partial charge in [-0.1, -0.05) is 26.0 Å². The third kappa shape index (κ3) is 2.31. The van der Waals surface area contributed by atoms with Crippen LogP contribution in [0.3, 0.4) is 0 Å². The lowest BCUT2D eigenvalue weighted by Crippen LogP contribution is -2.71. The Morgan fingerprint density at radius 1 is 1.44 bits per heavy atom. The Labute approximate surface area is 106 Å². The molecule has 0 atom stereocenters. The van der Waals surface area contributed by atoms with Gasteiger partial charge in [-0.2, -0.15) is 0 Å². The zero-order chi connectivity index (χ0) is 13.3. The van der Waals surface area contributed by atoms with Crippen molar-refractivity contribution in [2.75, 3.05) is 18.4 Å². The number of benzene rings is 1. The first-order chi connectivity index (χ1) is 8.42. The van der Waals surface area contributed by atoms with Crippen LogP contribution in [0.1, 0.15) is 13.8 Å². The highest BCUT2D eigenvalue weighted by Crippen LogP contribution is 2.26. The fourth-order valence-electron chi connectivity index (χ4n) is 1.93. The van der Waals surface area contributed by atoms with Crippen LogP contribution in [0.25, 0.3) is 0 Å². The molecule has 0 unspecified atom stereocenters. The number of carbonyl (C=O) groups excluding carboxylic acids is 1. The van der Waals surface area contributed by atoms with Crippen LogP contribution in [0.4, 0.5) is 14.9 Å². The van der Waals surface area contributed by atoms with Crippen LogP contribution in [0.2, 0.25) is 0 Å². The number of hydrogen-bond donors (Lipinski definition) is 2. The van der Waals surface area contributed by atoms with Crippen molar-refractivity contribution in [2.24, 2.45) is 11.7 Å². The van der Waals surface area contributed by atoms with Crippen LogP contribution in [-0.2, 0) is 0 Å². The Balaban J connectivity index is 1.94. The summed E-state index contributed by atoms with van der Waals surface area (Å²) in [6, 6.07) is 5.80. The van der Waals surface area contributed by atoms with Gasteiger partial charge >= 0.3 is 6.03 Å². The van der Waals surface area contributed by atoms with E-state index in [-0.39, 0.29) is 17.3 Å². The first kappa shape index (κ1) is 12.8. The van der Waals surface area contributed by atoms with Gasteiger partial charge in [-0.25, -0.2) is 9.18 Å². The zero-order valence-electron chi connectivity index (χ0n) is 10.6. The van der Waals surface area contributed by atoms with E-state index >= 15 is 0 Å². The molecule has 0 bridgehead atoms. The summed E-state index contributed by atoms with van der Waals surface area (Å²) < 4.78 is 13.4. The molecular formula is C13H18FN3O. The predicted molar refractivity (Wildman–Crippen MR) is 68.7 cm³/mol. The van der Waals surface area contributed by atoms with Crippen molar-refractivity contribution >= 4 is 11.7 Å². The number of nitrogens with one attached hydrogen (secondary N) is 1. The molecule has 1 aliphatic heterocycles. The number of nitrogens with two attached hydrogens (primary N) is 1. The number of halogens is 1. The maximum atomic E-state index is 13.4. The van der Waals surface area contributed by atoms with Crippen molar-refractivity contribution in [3.63, 3.8) is 0 Å². The van der Waals surface area contributed by atoms with Crippen molar-refractivity contribution < 1.29 is 9.18 Å². The maximum Gasteiger partial charge on any atom is 0.322 e. The van der Waals surface area contributed by atoms with Gasteiger partial charge < -0.3 is 16.0 Å².